The number of hydrogen-bond donors (Lipinski definition) is 1. The molecule has 1 aliphatic heterocycles. The molecule has 2 heterocycles. The summed E-state index contributed by atoms with van der Waals surface area (Å²) in [6.45, 7) is 6.00. The highest BCUT2D eigenvalue weighted by Gasteiger charge is 2.22. The highest BCUT2D eigenvalue weighted by Crippen LogP contribution is 2.27. The fourth-order valence-electron chi connectivity index (χ4n) is 2.94. The topological polar surface area (TPSA) is 66.2 Å². The minimum atomic E-state index is -0.339. The van der Waals surface area contributed by atoms with E-state index in [2.05, 4.69) is 9.80 Å². The van der Waals surface area contributed by atoms with Gasteiger partial charge in [0.1, 0.15) is 17.1 Å². The Hall–Kier alpha value is -2.47. The van der Waals surface area contributed by atoms with Crippen LogP contribution in [0.2, 0.25) is 0 Å². The Morgan fingerprint density at radius 2 is 1.96 bits per heavy atom. The average molecular weight is 330 g/mol. The van der Waals surface area contributed by atoms with Crippen molar-refractivity contribution < 1.29 is 19.1 Å². The predicted molar refractivity (Wildman–Crippen MR) is 90.3 cm³/mol. The second kappa shape index (κ2) is 7.40. The van der Waals surface area contributed by atoms with Crippen molar-refractivity contribution in [3.05, 3.63) is 47.9 Å². The van der Waals surface area contributed by atoms with Crippen LogP contribution in [0.5, 0.6) is 5.75 Å². The molecule has 1 fully saturated rings. The summed E-state index contributed by atoms with van der Waals surface area (Å²) < 4.78 is 10.5. The number of carbonyl (C=O) groups excluding carboxylic acids is 1. The Bertz CT molecular complexity index is 690. The first-order valence-electron chi connectivity index (χ1n) is 8.18. The number of rotatable bonds is 5. The van der Waals surface area contributed by atoms with Crippen LogP contribution in [0.4, 0.5) is 5.69 Å². The van der Waals surface area contributed by atoms with Gasteiger partial charge >= 0.3 is 5.97 Å². The van der Waals surface area contributed by atoms with Crippen LogP contribution in [0.25, 0.3) is 0 Å². The van der Waals surface area contributed by atoms with E-state index >= 15 is 0 Å². The molecule has 0 aliphatic carbocycles. The quantitative estimate of drug-likeness (QED) is 0.850. The first-order chi connectivity index (χ1) is 11.7. The Morgan fingerprint density at radius 3 is 2.67 bits per heavy atom. The van der Waals surface area contributed by atoms with E-state index in [1.54, 1.807) is 19.1 Å². The van der Waals surface area contributed by atoms with Gasteiger partial charge in [0.2, 0.25) is 0 Å². The van der Waals surface area contributed by atoms with Crippen LogP contribution < -0.4 is 4.90 Å². The van der Waals surface area contributed by atoms with E-state index in [1.165, 1.54) is 6.26 Å². The molecule has 1 saturated heterocycles. The zero-order valence-corrected chi connectivity index (χ0v) is 13.8. The molecule has 2 aromatic rings. The number of para-hydroxylation sites is 2. The number of benzene rings is 1. The molecule has 1 aromatic carbocycles. The van der Waals surface area contributed by atoms with E-state index in [0.717, 1.165) is 31.9 Å². The van der Waals surface area contributed by atoms with Gasteiger partial charge in [-0.3, -0.25) is 4.90 Å². The Kier molecular flexibility index (Phi) is 5.05. The number of phenolic OH excluding ortho intramolecular Hbond substituents is 1. The lowest BCUT2D eigenvalue weighted by molar-refractivity contribution is 0.0522. The first kappa shape index (κ1) is 16.4. The Labute approximate surface area is 141 Å². The number of phenols is 1. The maximum atomic E-state index is 11.9. The van der Waals surface area contributed by atoms with E-state index in [-0.39, 0.29) is 5.97 Å². The fourth-order valence-corrected chi connectivity index (χ4v) is 2.94. The van der Waals surface area contributed by atoms with Gasteiger partial charge in [-0.2, -0.15) is 0 Å². The van der Waals surface area contributed by atoms with Crippen LogP contribution in [0.3, 0.4) is 0 Å². The molecule has 1 aliphatic rings. The molecular weight excluding hydrogens is 308 g/mol. The number of furan rings is 1. The van der Waals surface area contributed by atoms with Crippen molar-refractivity contribution in [2.45, 2.75) is 13.5 Å². The number of esters is 1. The number of hydrogen-bond acceptors (Lipinski definition) is 6. The second-order valence-electron chi connectivity index (χ2n) is 5.73. The van der Waals surface area contributed by atoms with Gasteiger partial charge in [-0.1, -0.05) is 12.1 Å². The SMILES string of the molecule is CCOC(=O)c1ccoc1CN1CCN(c2ccccc2O)CC1. The van der Waals surface area contributed by atoms with Gasteiger partial charge in [0, 0.05) is 26.2 Å². The number of carbonyl (C=O) groups is 1. The van der Waals surface area contributed by atoms with E-state index in [4.69, 9.17) is 9.15 Å². The van der Waals surface area contributed by atoms with Gasteiger partial charge in [0.15, 0.2) is 0 Å². The van der Waals surface area contributed by atoms with E-state index in [0.29, 0.717) is 30.2 Å². The Balaban J connectivity index is 1.59. The maximum Gasteiger partial charge on any atom is 0.341 e. The lowest BCUT2D eigenvalue weighted by atomic mass is 10.2. The molecule has 6 heteroatoms. The molecular formula is C18H22N2O4. The highest BCUT2D eigenvalue weighted by molar-refractivity contribution is 5.90. The van der Waals surface area contributed by atoms with Crippen molar-refractivity contribution in [2.75, 3.05) is 37.7 Å². The van der Waals surface area contributed by atoms with Gasteiger partial charge in [-0.25, -0.2) is 4.79 Å². The molecule has 0 atom stereocenters. The lowest BCUT2D eigenvalue weighted by Crippen LogP contribution is -2.46. The molecule has 0 saturated carbocycles. The summed E-state index contributed by atoms with van der Waals surface area (Å²) in [4.78, 5) is 16.3. The third-order valence-corrected chi connectivity index (χ3v) is 4.20. The van der Waals surface area contributed by atoms with Crippen molar-refractivity contribution in [1.29, 1.82) is 0 Å². The van der Waals surface area contributed by atoms with Crippen LogP contribution in [0, 0.1) is 0 Å². The molecule has 1 N–H and O–H groups in total. The molecule has 1 aromatic heterocycles. The number of nitrogens with zero attached hydrogens (tertiary/aromatic N) is 2. The van der Waals surface area contributed by atoms with Crippen molar-refractivity contribution in [2.24, 2.45) is 0 Å². The van der Waals surface area contributed by atoms with Gasteiger partial charge in [0.05, 0.1) is 25.1 Å². The number of anilines is 1. The molecule has 0 bridgehead atoms. The van der Waals surface area contributed by atoms with Gasteiger partial charge < -0.3 is 19.2 Å². The van der Waals surface area contributed by atoms with Crippen LogP contribution in [0.15, 0.2) is 41.0 Å². The average Bonchev–Trinajstić information content (AvgIpc) is 3.05. The van der Waals surface area contributed by atoms with Crippen LogP contribution in [-0.2, 0) is 11.3 Å². The number of ether oxygens (including phenoxy) is 1. The molecule has 0 unspecified atom stereocenters. The Morgan fingerprint density at radius 1 is 1.21 bits per heavy atom. The summed E-state index contributed by atoms with van der Waals surface area (Å²) in [5.41, 5.74) is 1.36. The predicted octanol–water partition coefficient (Wildman–Crippen LogP) is 2.48. The molecule has 128 valence electrons. The number of aromatic hydroxyl groups is 1. The van der Waals surface area contributed by atoms with Crippen molar-refractivity contribution >= 4 is 11.7 Å². The minimum absolute atomic E-state index is 0.307. The summed E-state index contributed by atoms with van der Waals surface area (Å²) in [5.74, 6) is 0.611. The molecule has 0 spiro atoms. The molecule has 3 rings (SSSR count). The van der Waals surface area contributed by atoms with Crippen LogP contribution in [0.1, 0.15) is 23.0 Å². The summed E-state index contributed by atoms with van der Waals surface area (Å²) in [6, 6.07) is 9.04. The standard InChI is InChI=1S/C18H22N2O4/c1-2-23-18(22)14-7-12-24-17(14)13-19-8-10-20(11-9-19)15-5-3-4-6-16(15)21/h3-7,12,21H,2,8-11,13H2,1H3. The molecule has 0 amide bonds. The van der Waals surface area contributed by atoms with E-state index < -0.39 is 0 Å². The summed E-state index contributed by atoms with van der Waals surface area (Å²) in [5, 5.41) is 9.96. The minimum Gasteiger partial charge on any atom is -0.506 e. The van der Waals surface area contributed by atoms with E-state index in [9.17, 15) is 9.90 Å². The van der Waals surface area contributed by atoms with Gasteiger partial charge in [-0.15, -0.1) is 0 Å². The van der Waals surface area contributed by atoms with Crippen molar-refractivity contribution in [3.8, 4) is 5.75 Å². The number of piperazine rings is 1. The van der Waals surface area contributed by atoms with E-state index in [1.807, 2.05) is 18.2 Å². The maximum absolute atomic E-state index is 11.9. The van der Waals surface area contributed by atoms with Crippen molar-refractivity contribution in [3.63, 3.8) is 0 Å². The third kappa shape index (κ3) is 3.54. The first-order valence-corrected chi connectivity index (χ1v) is 8.18. The third-order valence-electron chi connectivity index (χ3n) is 4.20. The van der Waals surface area contributed by atoms with Crippen LogP contribution in [-0.4, -0.2) is 48.8 Å². The smallest absolute Gasteiger partial charge is 0.341 e. The summed E-state index contributed by atoms with van der Waals surface area (Å²) in [7, 11) is 0. The normalized spacial score (nSPS) is 15.5. The zero-order valence-electron chi connectivity index (χ0n) is 13.8. The summed E-state index contributed by atoms with van der Waals surface area (Å²) in [6.07, 6.45) is 1.53. The monoisotopic (exact) mass is 330 g/mol. The summed E-state index contributed by atoms with van der Waals surface area (Å²) >= 11 is 0. The highest BCUT2D eigenvalue weighted by atomic mass is 16.5. The van der Waals surface area contributed by atoms with Gasteiger partial charge in [-0.05, 0) is 25.1 Å². The second-order valence-corrected chi connectivity index (χ2v) is 5.73. The van der Waals surface area contributed by atoms with Gasteiger partial charge in [0.25, 0.3) is 0 Å². The molecule has 0 radical (unpaired) electrons. The van der Waals surface area contributed by atoms with Crippen molar-refractivity contribution in [1.82, 2.24) is 4.90 Å². The fraction of sp³-hybridized carbons (Fsp3) is 0.389. The molecule has 24 heavy (non-hydrogen) atoms. The molecule has 6 nitrogen and oxygen atoms in total. The largest absolute Gasteiger partial charge is 0.506 e. The lowest BCUT2D eigenvalue weighted by Gasteiger charge is -2.36. The van der Waals surface area contributed by atoms with Crippen LogP contribution >= 0.6 is 0 Å². The zero-order chi connectivity index (χ0) is 16.9.